The lowest BCUT2D eigenvalue weighted by atomic mass is 10.1. The second kappa shape index (κ2) is 7.04. The Morgan fingerprint density at radius 2 is 2.42 bits per heavy atom. The predicted molar refractivity (Wildman–Crippen MR) is 87.7 cm³/mol. The number of likely N-dealkylation sites (tertiary alicyclic amines) is 1. The number of methoxy groups -OCH3 is 1. The summed E-state index contributed by atoms with van der Waals surface area (Å²) in [6.45, 7) is 2.03. The number of nitrogens with one attached hydrogen (secondary N) is 1. The normalized spacial score (nSPS) is 16.7. The van der Waals surface area contributed by atoms with Crippen molar-refractivity contribution in [1.82, 2.24) is 19.8 Å². The van der Waals surface area contributed by atoms with Crippen LogP contribution in [0.3, 0.4) is 0 Å². The third-order valence-electron chi connectivity index (χ3n) is 4.15. The second-order valence-corrected chi connectivity index (χ2v) is 5.78. The molecule has 0 saturated carbocycles. The summed E-state index contributed by atoms with van der Waals surface area (Å²) < 4.78 is 6.99. The summed E-state index contributed by atoms with van der Waals surface area (Å²) in [6.07, 6.45) is 6.36. The third kappa shape index (κ3) is 3.49. The molecule has 1 aromatic carbocycles. The average Bonchev–Trinajstić information content (AvgIpc) is 3.29. The molecule has 24 heavy (non-hydrogen) atoms. The Bertz CT molecular complexity index is 764. The minimum atomic E-state index is -0.202. The molecule has 1 aromatic heterocycles. The van der Waals surface area contributed by atoms with E-state index in [0.717, 1.165) is 24.4 Å². The van der Waals surface area contributed by atoms with Crippen LogP contribution in [-0.4, -0.2) is 47.1 Å². The molecule has 1 unspecified atom stereocenters. The summed E-state index contributed by atoms with van der Waals surface area (Å²) in [5, 5.41) is 11.8. The van der Waals surface area contributed by atoms with E-state index in [1.165, 1.54) is 0 Å². The molecular formula is C17H19N5O2. The van der Waals surface area contributed by atoms with Crippen molar-refractivity contribution in [1.29, 1.82) is 5.26 Å². The van der Waals surface area contributed by atoms with Gasteiger partial charge in [-0.05, 0) is 24.5 Å². The summed E-state index contributed by atoms with van der Waals surface area (Å²) >= 11 is 0. The van der Waals surface area contributed by atoms with Gasteiger partial charge in [0.1, 0.15) is 17.8 Å². The minimum Gasteiger partial charge on any atom is -0.497 e. The second-order valence-electron chi connectivity index (χ2n) is 5.78. The van der Waals surface area contributed by atoms with E-state index in [0.29, 0.717) is 24.7 Å². The zero-order chi connectivity index (χ0) is 16.9. The van der Waals surface area contributed by atoms with Gasteiger partial charge < -0.3 is 19.5 Å². The largest absolute Gasteiger partial charge is 0.497 e. The monoisotopic (exact) mass is 325 g/mol. The number of ether oxygens (including phenoxy) is 1. The molecule has 1 N–H and O–H groups in total. The highest BCUT2D eigenvalue weighted by molar-refractivity contribution is 5.92. The summed E-state index contributed by atoms with van der Waals surface area (Å²) in [6, 6.07) is 7.54. The number of nitrogens with zero attached hydrogens (tertiary/aromatic N) is 4. The van der Waals surface area contributed by atoms with Crippen LogP contribution in [-0.2, 0) is 0 Å². The molecule has 0 spiro atoms. The molecule has 7 nitrogen and oxygen atoms in total. The van der Waals surface area contributed by atoms with Crippen molar-refractivity contribution >= 4 is 5.91 Å². The molecule has 0 aliphatic carbocycles. The molecule has 3 rings (SSSR count). The maximum Gasteiger partial charge on any atom is 0.271 e. The van der Waals surface area contributed by atoms with Crippen molar-refractivity contribution < 1.29 is 9.53 Å². The Labute approximate surface area is 140 Å². The van der Waals surface area contributed by atoms with Crippen LogP contribution in [0.5, 0.6) is 5.75 Å². The van der Waals surface area contributed by atoms with Gasteiger partial charge in [-0.1, -0.05) is 6.07 Å². The summed E-state index contributed by atoms with van der Waals surface area (Å²) in [4.78, 5) is 18.1. The van der Waals surface area contributed by atoms with Crippen molar-refractivity contribution in [2.24, 2.45) is 5.92 Å². The van der Waals surface area contributed by atoms with Crippen LogP contribution in [0.4, 0.5) is 0 Å². The van der Waals surface area contributed by atoms with E-state index in [2.05, 4.69) is 16.5 Å². The van der Waals surface area contributed by atoms with Crippen molar-refractivity contribution in [3.05, 3.63) is 42.5 Å². The first kappa shape index (κ1) is 15.9. The summed E-state index contributed by atoms with van der Waals surface area (Å²) in [5.41, 5.74) is 1.24. The Morgan fingerprint density at radius 3 is 3.17 bits per heavy atom. The summed E-state index contributed by atoms with van der Waals surface area (Å²) in [5.74, 6) is 0.858. The Kier molecular flexibility index (Phi) is 4.66. The van der Waals surface area contributed by atoms with E-state index in [4.69, 9.17) is 10.00 Å². The highest BCUT2D eigenvalue weighted by atomic mass is 16.5. The fraction of sp³-hybridized carbons (Fsp3) is 0.353. The van der Waals surface area contributed by atoms with E-state index in [1.54, 1.807) is 29.1 Å². The molecule has 7 heteroatoms. The lowest BCUT2D eigenvalue weighted by Crippen LogP contribution is -2.30. The number of amides is 1. The number of rotatable bonds is 5. The molecular weight excluding hydrogens is 306 g/mol. The molecule has 1 fully saturated rings. The topological polar surface area (TPSA) is 83.2 Å². The highest BCUT2D eigenvalue weighted by Gasteiger charge is 2.22. The molecule has 2 heterocycles. The van der Waals surface area contributed by atoms with Gasteiger partial charge >= 0.3 is 0 Å². The van der Waals surface area contributed by atoms with Crippen molar-refractivity contribution in [3.8, 4) is 17.6 Å². The van der Waals surface area contributed by atoms with Gasteiger partial charge in [-0.25, -0.2) is 4.98 Å². The van der Waals surface area contributed by atoms with Gasteiger partial charge in [0.05, 0.1) is 12.8 Å². The van der Waals surface area contributed by atoms with Gasteiger partial charge in [0.2, 0.25) is 0 Å². The molecule has 0 bridgehead atoms. The van der Waals surface area contributed by atoms with E-state index >= 15 is 0 Å². The first-order valence-corrected chi connectivity index (χ1v) is 7.81. The lowest BCUT2D eigenvalue weighted by Gasteiger charge is -2.10. The SMILES string of the molecule is COc1cccc(-n2cnc(C(=O)NCC3CCN(C#N)C3)c2)c1. The molecule has 1 saturated heterocycles. The van der Waals surface area contributed by atoms with Crippen LogP contribution in [0, 0.1) is 17.4 Å². The van der Waals surface area contributed by atoms with Gasteiger partial charge in [-0.2, -0.15) is 5.26 Å². The zero-order valence-electron chi connectivity index (χ0n) is 13.5. The van der Waals surface area contributed by atoms with Crippen molar-refractivity contribution in [3.63, 3.8) is 0 Å². The van der Waals surface area contributed by atoms with E-state index in [-0.39, 0.29) is 5.91 Å². The molecule has 2 aromatic rings. The third-order valence-corrected chi connectivity index (χ3v) is 4.15. The van der Waals surface area contributed by atoms with Gasteiger partial charge in [0.15, 0.2) is 6.19 Å². The van der Waals surface area contributed by atoms with Crippen LogP contribution < -0.4 is 10.1 Å². The minimum absolute atomic E-state index is 0.202. The van der Waals surface area contributed by atoms with Crippen LogP contribution in [0.25, 0.3) is 5.69 Å². The quantitative estimate of drug-likeness (QED) is 0.841. The van der Waals surface area contributed by atoms with Gasteiger partial charge in [0, 0.05) is 31.9 Å². The fourth-order valence-electron chi connectivity index (χ4n) is 2.77. The molecule has 124 valence electrons. The smallest absolute Gasteiger partial charge is 0.271 e. The van der Waals surface area contributed by atoms with Crippen molar-refractivity contribution in [2.45, 2.75) is 6.42 Å². The van der Waals surface area contributed by atoms with Crippen LogP contribution in [0.2, 0.25) is 0 Å². The number of imidazole rings is 1. The first-order chi connectivity index (χ1) is 11.7. The standard InChI is InChI=1S/C17H19N5O2/c1-24-15-4-2-3-14(7-15)22-10-16(20-12-22)17(23)19-8-13-5-6-21(9-13)11-18/h2-4,7,10,12-13H,5-6,8-9H2,1H3,(H,19,23). The zero-order valence-corrected chi connectivity index (χ0v) is 13.5. The van der Waals surface area contributed by atoms with E-state index in [1.807, 2.05) is 24.3 Å². The summed E-state index contributed by atoms with van der Waals surface area (Å²) in [7, 11) is 1.61. The Balaban J connectivity index is 1.60. The molecule has 1 amide bonds. The van der Waals surface area contributed by atoms with E-state index < -0.39 is 0 Å². The highest BCUT2D eigenvalue weighted by Crippen LogP contribution is 2.17. The van der Waals surface area contributed by atoms with Crippen LogP contribution in [0.15, 0.2) is 36.8 Å². The number of aromatic nitrogens is 2. The van der Waals surface area contributed by atoms with Gasteiger partial charge in [-0.3, -0.25) is 4.79 Å². The van der Waals surface area contributed by atoms with Gasteiger partial charge in [-0.15, -0.1) is 0 Å². The number of carbonyl (C=O) groups excluding carboxylic acids is 1. The average molecular weight is 325 g/mol. The molecule has 0 radical (unpaired) electrons. The lowest BCUT2D eigenvalue weighted by molar-refractivity contribution is 0.0943. The van der Waals surface area contributed by atoms with E-state index in [9.17, 15) is 4.79 Å². The van der Waals surface area contributed by atoms with Crippen molar-refractivity contribution in [2.75, 3.05) is 26.7 Å². The Hall–Kier alpha value is -3.01. The first-order valence-electron chi connectivity index (χ1n) is 7.81. The molecule has 1 aliphatic heterocycles. The van der Waals surface area contributed by atoms with Crippen LogP contribution >= 0.6 is 0 Å². The Morgan fingerprint density at radius 1 is 1.54 bits per heavy atom. The maximum absolute atomic E-state index is 12.2. The number of carbonyl (C=O) groups is 1. The molecule has 1 aliphatic rings. The van der Waals surface area contributed by atoms with Crippen LogP contribution in [0.1, 0.15) is 16.9 Å². The number of hydrogen-bond donors (Lipinski definition) is 1. The predicted octanol–water partition coefficient (Wildman–Crippen LogP) is 1.41. The number of benzene rings is 1. The van der Waals surface area contributed by atoms with Gasteiger partial charge in [0.25, 0.3) is 5.91 Å². The number of nitriles is 1. The molecule has 1 atom stereocenters. The maximum atomic E-state index is 12.2. The number of hydrogen-bond acceptors (Lipinski definition) is 5. The fourth-order valence-corrected chi connectivity index (χ4v) is 2.77.